The Morgan fingerprint density at radius 3 is 2.55 bits per heavy atom. The maximum atomic E-state index is 13.1. The van der Waals surface area contributed by atoms with E-state index in [4.69, 9.17) is 0 Å². The van der Waals surface area contributed by atoms with Crippen molar-refractivity contribution in [3.05, 3.63) is 78.3 Å². The van der Waals surface area contributed by atoms with Crippen molar-refractivity contribution in [1.82, 2.24) is 29.6 Å². The number of hydrogen-bond donors (Lipinski definition) is 2. The van der Waals surface area contributed by atoms with Crippen LogP contribution in [-0.2, 0) is 7.05 Å². The summed E-state index contributed by atoms with van der Waals surface area (Å²) in [4.78, 5) is 21.4. The zero-order valence-electron chi connectivity index (χ0n) is 17.2. The van der Waals surface area contributed by atoms with Crippen LogP contribution in [-0.4, -0.2) is 43.3 Å². The molecule has 2 N–H and O–H groups in total. The van der Waals surface area contributed by atoms with Crippen molar-refractivity contribution in [2.75, 3.05) is 18.4 Å². The monoisotopic (exact) mass is 419 g/mol. The standard InChI is InChI=1S/C22H22FN7O/c1-15-26-20(14-21(27-15)30-11-3-4-12-30)24-9-10-25-22(31)19-13-18(28-29(19)2)16-5-7-17(23)8-6-16/h3-8,11-14H,9-10H2,1-2H3,(H,25,31)(H,24,26,27). The van der Waals surface area contributed by atoms with E-state index in [2.05, 4.69) is 25.7 Å². The van der Waals surface area contributed by atoms with Gasteiger partial charge in [-0.25, -0.2) is 14.4 Å². The Labute approximate surface area is 178 Å². The summed E-state index contributed by atoms with van der Waals surface area (Å²) in [5.74, 6) is 1.55. The van der Waals surface area contributed by atoms with Gasteiger partial charge in [-0.1, -0.05) is 0 Å². The lowest BCUT2D eigenvalue weighted by Crippen LogP contribution is -2.30. The van der Waals surface area contributed by atoms with Gasteiger partial charge in [-0.2, -0.15) is 5.10 Å². The molecular weight excluding hydrogens is 397 g/mol. The first-order chi connectivity index (χ1) is 15.0. The maximum Gasteiger partial charge on any atom is 0.269 e. The molecule has 8 nitrogen and oxygen atoms in total. The molecular formula is C22H22FN7O. The zero-order valence-corrected chi connectivity index (χ0v) is 17.2. The third kappa shape index (κ3) is 4.77. The summed E-state index contributed by atoms with van der Waals surface area (Å²) in [5.41, 5.74) is 1.78. The van der Waals surface area contributed by atoms with Crippen molar-refractivity contribution in [3.8, 4) is 17.1 Å². The van der Waals surface area contributed by atoms with Crippen molar-refractivity contribution >= 4 is 11.7 Å². The average Bonchev–Trinajstić information content (AvgIpc) is 3.41. The number of nitrogens with one attached hydrogen (secondary N) is 2. The van der Waals surface area contributed by atoms with Gasteiger partial charge in [0.2, 0.25) is 0 Å². The number of anilines is 1. The second-order valence-corrected chi connectivity index (χ2v) is 6.98. The molecule has 0 saturated heterocycles. The molecule has 3 aromatic heterocycles. The second-order valence-electron chi connectivity index (χ2n) is 6.98. The summed E-state index contributed by atoms with van der Waals surface area (Å²) in [6.07, 6.45) is 3.83. The lowest BCUT2D eigenvalue weighted by molar-refractivity contribution is 0.0946. The molecule has 158 valence electrons. The Kier molecular flexibility index (Phi) is 5.74. The summed E-state index contributed by atoms with van der Waals surface area (Å²) in [6, 6.07) is 13.4. The quantitative estimate of drug-likeness (QED) is 0.450. The lowest BCUT2D eigenvalue weighted by atomic mass is 10.1. The highest BCUT2D eigenvalue weighted by Crippen LogP contribution is 2.19. The minimum atomic E-state index is -0.315. The normalized spacial score (nSPS) is 10.8. The minimum absolute atomic E-state index is 0.239. The fourth-order valence-electron chi connectivity index (χ4n) is 3.16. The SMILES string of the molecule is Cc1nc(NCCNC(=O)c2cc(-c3ccc(F)cc3)nn2C)cc(-n2cccc2)n1. The first kappa shape index (κ1) is 20.3. The second kappa shape index (κ2) is 8.78. The van der Waals surface area contributed by atoms with Crippen molar-refractivity contribution in [1.29, 1.82) is 0 Å². The third-order valence-corrected chi connectivity index (χ3v) is 4.66. The number of amides is 1. The number of benzene rings is 1. The fourth-order valence-corrected chi connectivity index (χ4v) is 3.16. The van der Waals surface area contributed by atoms with Gasteiger partial charge in [0.25, 0.3) is 5.91 Å². The molecule has 0 radical (unpaired) electrons. The van der Waals surface area contributed by atoms with E-state index in [9.17, 15) is 9.18 Å². The van der Waals surface area contributed by atoms with Gasteiger partial charge >= 0.3 is 0 Å². The van der Waals surface area contributed by atoms with Crippen molar-refractivity contribution in [3.63, 3.8) is 0 Å². The van der Waals surface area contributed by atoms with Gasteiger partial charge in [0, 0.05) is 44.2 Å². The van der Waals surface area contributed by atoms with E-state index < -0.39 is 0 Å². The van der Waals surface area contributed by atoms with Gasteiger partial charge in [-0.05, 0) is 49.4 Å². The molecule has 0 aliphatic heterocycles. The molecule has 0 saturated carbocycles. The summed E-state index contributed by atoms with van der Waals surface area (Å²) in [6.45, 7) is 2.73. The summed E-state index contributed by atoms with van der Waals surface area (Å²) in [7, 11) is 1.70. The molecule has 0 fully saturated rings. The highest BCUT2D eigenvalue weighted by Gasteiger charge is 2.14. The predicted octanol–water partition coefficient (Wildman–Crippen LogP) is 2.96. The number of halogens is 1. The van der Waals surface area contributed by atoms with Gasteiger partial charge in [0.15, 0.2) is 0 Å². The van der Waals surface area contributed by atoms with Crippen molar-refractivity contribution < 1.29 is 9.18 Å². The number of nitrogens with zero attached hydrogens (tertiary/aromatic N) is 5. The minimum Gasteiger partial charge on any atom is -0.368 e. The lowest BCUT2D eigenvalue weighted by Gasteiger charge is -2.10. The van der Waals surface area contributed by atoms with E-state index in [1.165, 1.54) is 16.8 Å². The van der Waals surface area contributed by atoms with E-state index in [0.29, 0.717) is 36.1 Å². The van der Waals surface area contributed by atoms with Crippen molar-refractivity contribution in [2.24, 2.45) is 7.05 Å². The van der Waals surface area contributed by atoms with E-state index >= 15 is 0 Å². The Morgan fingerprint density at radius 2 is 1.81 bits per heavy atom. The fraction of sp³-hybridized carbons (Fsp3) is 0.182. The van der Waals surface area contributed by atoms with Crippen molar-refractivity contribution in [2.45, 2.75) is 6.92 Å². The molecule has 3 heterocycles. The van der Waals surface area contributed by atoms with Crippen LogP contribution in [0.5, 0.6) is 0 Å². The predicted molar refractivity (Wildman–Crippen MR) is 116 cm³/mol. The molecule has 0 unspecified atom stereocenters. The molecule has 9 heteroatoms. The van der Waals surface area contributed by atoms with E-state index in [-0.39, 0.29) is 11.7 Å². The molecule has 0 aliphatic rings. The molecule has 0 spiro atoms. The number of carbonyl (C=O) groups is 1. The van der Waals surface area contributed by atoms with Gasteiger partial charge in [-0.15, -0.1) is 0 Å². The van der Waals surface area contributed by atoms with Gasteiger partial charge in [0.05, 0.1) is 5.69 Å². The number of hydrogen-bond acceptors (Lipinski definition) is 5. The number of rotatable bonds is 7. The molecule has 0 atom stereocenters. The van der Waals surface area contributed by atoms with E-state index in [1.807, 2.05) is 42.1 Å². The van der Waals surface area contributed by atoms with Crippen LogP contribution in [0.4, 0.5) is 10.2 Å². The molecule has 0 aliphatic carbocycles. The van der Waals surface area contributed by atoms with Crippen LogP contribution in [0.15, 0.2) is 60.9 Å². The van der Waals surface area contributed by atoms with Gasteiger partial charge < -0.3 is 15.2 Å². The van der Waals surface area contributed by atoms with E-state index in [1.54, 1.807) is 25.2 Å². The molecule has 1 aromatic carbocycles. The highest BCUT2D eigenvalue weighted by atomic mass is 19.1. The molecule has 4 aromatic rings. The summed E-state index contributed by atoms with van der Waals surface area (Å²) >= 11 is 0. The Hall–Kier alpha value is -4.01. The highest BCUT2D eigenvalue weighted by molar-refractivity contribution is 5.93. The van der Waals surface area contributed by atoms with Crippen LogP contribution in [0, 0.1) is 12.7 Å². The Bertz CT molecular complexity index is 1180. The van der Waals surface area contributed by atoms with Crippen LogP contribution < -0.4 is 10.6 Å². The smallest absolute Gasteiger partial charge is 0.269 e. The molecule has 0 bridgehead atoms. The van der Waals surface area contributed by atoms with E-state index in [0.717, 1.165) is 11.4 Å². The third-order valence-electron chi connectivity index (χ3n) is 4.66. The van der Waals surface area contributed by atoms with Gasteiger partial charge in [0.1, 0.15) is 29.0 Å². The number of carbonyl (C=O) groups excluding carboxylic acids is 1. The molecule has 31 heavy (non-hydrogen) atoms. The average molecular weight is 419 g/mol. The first-order valence-electron chi connectivity index (χ1n) is 9.81. The van der Waals surface area contributed by atoms with Crippen LogP contribution in [0.2, 0.25) is 0 Å². The number of aromatic nitrogens is 5. The zero-order chi connectivity index (χ0) is 21.8. The Balaban J connectivity index is 1.34. The van der Waals surface area contributed by atoms with Crippen LogP contribution in [0.3, 0.4) is 0 Å². The van der Waals surface area contributed by atoms with Crippen LogP contribution in [0.25, 0.3) is 17.1 Å². The Morgan fingerprint density at radius 1 is 1.06 bits per heavy atom. The topological polar surface area (TPSA) is 89.7 Å². The van der Waals surface area contributed by atoms with Crippen LogP contribution >= 0.6 is 0 Å². The number of aryl methyl sites for hydroxylation is 2. The van der Waals surface area contributed by atoms with Gasteiger partial charge in [-0.3, -0.25) is 9.48 Å². The van der Waals surface area contributed by atoms with Crippen LogP contribution in [0.1, 0.15) is 16.3 Å². The largest absolute Gasteiger partial charge is 0.368 e. The molecule has 4 rings (SSSR count). The first-order valence-corrected chi connectivity index (χ1v) is 9.81. The molecule has 1 amide bonds. The maximum absolute atomic E-state index is 13.1. The summed E-state index contributed by atoms with van der Waals surface area (Å²) in [5, 5.41) is 10.4. The summed E-state index contributed by atoms with van der Waals surface area (Å²) < 4.78 is 16.5.